The molecule has 0 spiro atoms. The number of hydrogen-bond acceptors (Lipinski definition) is 4. The standard InChI is InChI=1S/C13H18N6/c14-12-5-2-1-3-7-17-18-13(12)16-6-4-9-19-10-8-15-11-19/h1-3,5,7-8,10-11,16,18H,4,6,9,14H2. The van der Waals surface area contributed by atoms with Gasteiger partial charge in [0.2, 0.25) is 0 Å². The lowest BCUT2D eigenvalue weighted by Gasteiger charge is -2.07. The third-order valence-corrected chi connectivity index (χ3v) is 2.58. The first-order valence-electron chi connectivity index (χ1n) is 6.18. The molecule has 2 aromatic heterocycles. The average molecular weight is 258 g/mol. The van der Waals surface area contributed by atoms with Crippen LogP contribution in [0, 0.1) is 0 Å². The summed E-state index contributed by atoms with van der Waals surface area (Å²) >= 11 is 0. The van der Waals surface area contributed by atoms with Gasteiger partial charge in [0.25, 0.3) is 0 Å². The Kier molecular flexibility index (Phi) is 4.80. The van der Waals surface area contributed by atoms with Crippen molar-refractivity contribution in [3.05, 3.63) is 49.2 Å². The minimum Gasteiger partial charge on any atom is -0.396 e. The molecule has 0 saturated heterocycles. The molecule has 0 fully saturated rings. The highest BCUT2D eigenvalue weighted by molar-refractivity contribution is 5.58. The summed E-state index contributed by atoms with van der Waals surface area (Å²) in [6.45, 7) is 1.72. The molecular formula is C13H18N6. The number of aryl methyl sites for hydroxylation is 1. The number of hydrogen-bond donors (Lipinski definition) is 3. The summed E-state index contributed by atoms with van der Waals surface area (Å²) in [5.41, 5.74) is 6.57. The number of nitrogens with two attached hydrogens (primary N) is 1. The second-order valence-electron chi connectivity index (χ2n) is 4.05. The van der Waals surface area contributed by atoms with Gasteiger partial charge in [0.05, 0.1) is 12.0 Å². The van der Waals surface area contributed by atoms with Crippen LogP contribution in [0.1, 0.15) is 6.42 Å². The molecule has 6 heteroatoms. The van der Waals surface area contributed by atoms with E-state index < -0.39 is 0 Å². The Hall–Kier alpha value is -2.50. The van der Waals surface area contributed by atoms with Crippen LogP contribution in [0.15, 0.2) is 49.2 Å². The maximum Gasteiger partial charge on any atom is 0.143 e. The molecule has 4 N–H and O–H groups in total. The molecule has 6 nitrogen and oxygen atoms in total. The number of nitrogen functional groups attached to an aromatic ring is 1. The van der Waals surface area contributed by atoms with Crippen molar-refractivity contribution in [2.24, 2.45) is 0 Å². The lowest BCUT2D eigenvalue weighted by atomic mass is 10.4. The molecule has 0 saturated carbocycles. The highest BCUT2D eigenvalue weighted by Crippen LogP contribution is 2.10. The van der Waals surface area contributed by atoms with Crippen molar-refractivity contribution in [2.45, 2.75) is 13.0 Å². The summed E-state index contributed by atoms with van der Waals surface area (Å²) < 4.78 is 2.04. The fraction of sp³-hybridized carbons (Fsp3) is 0.231. The second-order valence-corrected chi connectivity index (χ2v) is 4.05. The van der Waals surface area contributed by atoms with E-state index in [4.69, 9.17) is 5.73 Å². The van der Waals surface area contributed by atoms with Crippen LogP contribution in [0.4, 0.5) is 11.5 Å². The van der Waals surface area contributed by atoms with Crippen LogP contribution in [-0.4, -0.2) is 26.3 Å². The van der Waals surface area contributed by atoms with E-state index in [1.54, 1.807) is 12.4 Å². The first-order chi connectivity index (χ1) is 9.36. The first kappa shape index (κ1) is 12.9. The van der Waals surface area contributed by atoms with Crippen LogP contribution in [0.2, 0.25) is 0 Å². The van der Waals surface area contributed by atoms with Crippen molar-refractivity contribution in [3.63, 3.8) is 0 Å². The molecule has 0 atom stereocenters. The molecule has 100 valence electrons. The third-order valence-electron chi connectivity index (χ3n) is 2.58. The van der Waals surface area contributed by atoms with Gasteiger partial charge in [0.15, 0.2) is 0 Å². The molecule has 2 heterocycles. The predicted octanol–water partition coefficient (Wildman–Crippen LogP) is 1.81. The number of aromatic amines is 1. The Bertz CT molecular complexity index is 530. The zero-order valence-electron chi connectivity index (χ0n) is 10.7. The van der Waals surface area contributed by atoms with Gasteiger partial charge in [-0.2, -0.15) is 5.10 Å². The van der Waals surface area contributed by atoms with Gasteiger partial charge < -0.3 is 15.6 Å². The fourth-order valence-corrected chi connectivity index (χ4v) is 1.60. The zero-order valence-corrected chi connectivity index (χ0v) is 10.7. The smallest absolute Gasteiger partial charge is 0.143 e. The lowest BCUT2D eigenvalue weighted by molar-refractivity contribution is 0.660. The fourth-order valence-electron chi connectivity index (χ4n) is 1.60. The zero-order chi connectivity index (χ0) is 13.3. The van der Waals surface area contributed by atoms with Crippen LogP contribution in [-0.2, 0) is 6.54 Å². The van der Waals surface area contributed by atoms with E-state index in [-0.39, 0.29) is 0 Å². The molecule has 0 amide bonds. The van der Waals surface area contributed by atoms with E-state index in [1.807, 2.05) is 41.4 Å². The molecule has 0 aliphatic rings. The van der Waals surface area contributed by atoms with Crippen LogP contribution in [0.3, 0.4) is 0 Å². The first-order valence-corrected chi connectivity index (χ1v) is 6.18. The Labute approximate surface area is 112 Å². The highest BCUT2D eigenvalue weighted by atomic mass is 15.2. The monoisotopic (exact) mass is 258 g/mol. The topological polar surface area (TPSA) is 84.5 Å². The molecule has 0 aromatic carbocycles. The Morgan fingerprint density at radius 2 is 2.21 bits per heavy atom. The Morgan fingerprint density at radius 3 is 3.05 bits per heavy atom. The van der Waals surface area contributed by atoms with Crippen molar-refractivity contribution in [3.8, 4) is 0 Å². The second kappa shape index (κ2) is 7.05. The minimum atomic E-state index is 0.631. The number of imidazole rings is 1. The van der Waals surface area contributed by atoms with Gasteiger partial charge in [-0.25, -0.2) is 4.98 Å². The SMILES string of the molecule is Nc1cccccn[nH]c1NCCCn1ccnc1. The molecule has 19 heavy (non-hydrogen) atoms. The van der Waals surface area contributed by atoms with E-state index in [1.165, 1.54) is 0 Å². The summed E-state index contributed by atoms with van der Waals surface area (Å²) in [6, 6.07) is 7.41. The summed E-state index contributed by atoms with van der Waals surface area (Å²) in [5.74, 6) is 0.724. The van der Waals surface area contributed by atoms with Gasteiger partial charge in [-0.3, -0.25) is 5.10 Å². The van der Waals surface area contributed by atoms with Crippen LogP contribution >= 0.6 is 0 Å². The number of anilines is 2. The molecule has 0 aliphatic carbocycles. The highest BCUT2D eigenvalue weighted by Gasteiger charge is 1.95. The number of H-pyrrole nitrogens is 1. The van der Waals surface area contributed by atoms with Crippen LogP contribution < -0.4 is 11.1 Å². The van der Waals surface area contributed by atoms with Gasteiger partial charge in [0.1, 0.15) is 5.82 Å². The van der Waals surface area contributed by atoms with Crippen LogP contribution in [0.5, 0.6) is 0 Å². The van der Waals surface area contributed by atoms with Crippen molar-refractivity contribution in [1.82, 2.24) is 19.7 Å². The Balaban J connectivity index is 1.91. The summed E-state index contributed by atoms with van der Waals surface area (Å²) in [4.78, 5) is 4.00. The molecule has 2 aromatic rings. The van der Waals surface area contributed by atoms with Crippen LogP contribution in [0.25, 0.3) is 0 Å². The van der Waals surface area contributed by atoms with Gasteiger partial charge in [0, 0.05) is 31.7 Å². The summed E-state index contributed by atoms with van der Waals surface area (Å²) in [5, 5.41) is 10.2. The number of rotatable bonds is 5. The van der Waals surface area contributed by atoms with Crippen molar-refractivity contribution in [2.75, 3.05) is 17.6 Å². The largest absolute Gasteiger partial charge is 0.396 e. The van der Waals surface area contributed by atoms with Crippen molar-refractivity contribution in [1.29, 1.82) is 0 Å². The van der Waals surface area contributed by atoms with E-state index in [9.17, 15) is 0 Å². The maximum absolute atomic E-state index is 5.94. The summed E-state index contributed by atoms with van der Waals surface area (Å²) in [7, 11) is 0. The molecular weight excluding hydrogens is 240 g/mol. The number of nitrogens with one attached hydrogen (secondary N) is 2. The third kappa shape index (κ3) is 4.34. The number of nitrogens with zero attached hydrogens (tertiary/aromatic N) is 3. The van der Waals surface area contributed by atoms with Gasteiger partial charge in [-0.1, -0.05) is 12.1 Å². The van der Waals surface area contributed by atoms with E-state index in [2.05, 4.69) is 20.5 Å². The molecule has 0 unspecified atom stereocenters. The van der Waals surface area contributed by atoms with Gasteiger partial charge >= 0.3 is 0 Å². The van der Waals surface area contributed by atoms with Crippen molar-refractivity contribution < 1.29 is 0 Å². The van der Waals surface area contributed by atoms with E-state index >= 15 is 0 Å². The summed E-state index contributed by atoms with van der Waals surface area (Å²) in [6.07, 6.45) is 8.19. The average Bonchev–Trinajstić information content (AvgIpc) is 2.94. The normalized spacial score (nSPS) is 9.89. The van der Waals surface area contributed by atoms with Crippen molar-refractivity contribution >= 4 is 11.5 Å². The van der Waals surface area contributed by atoms with Gasteiger partial charge in [-0.05, 0) is 18.6 Å². The molecule has 0 aliphatic heterocycles. The van der Waals surface area contributed by atoms with Gasteiger partial charge in [-0.15, -0.1) is 0 Å². The number of aromatic nitrogens is 4. The minimum absolute atomic E-state index is 0.631. The quantitative estimate of drug-likeness (QED) is 0.714. The Morgan fingerprint density at radius 1 is 1.26 bits per heavy atom. The molecule has 2 rings (SSSR count). The predicted molar refractivity (Wildman–Crippen MR) is 76.0 cm³/mol. The molecule has 0 radical (unpaired) electrons. The molecule has 0 bridgehead atoms. The van der Waals surface area contributed by atoms with E-state index in [0.717, 1.165) is 25.3 Å². The van der Waals surface area contributed by atoms with E-state index in [0.29, 0.717) is 5.69 Å². The maximum atomic E-state index is 5.94. The lowest BCUT2D eigenvalue weighted by Crippen LogP contribution is -2.08.